The minimum absolute atomic E-state index is 0.0166. The first-order valence-electron chi connectivity index (χ1n) is 6.67. The molecule has 1 amide bonds. The molecule has 1 aromatic rings. The Balaban J connectivity index is 1.93. The van der Waals surface area contributed by atoms with Gasteiger partial charge in [-0.2, -0.15) is 0 Å². The van der Waals surface area contributed by atoms with Gasteiger partial charge in [0.25, 0.3) is 5.91 Å². The van der Waals surface area contributed by atoms with E-state index in [4.69, 9.17) is 0 Å². The van der Waals surface area contributed by atoms with Gasteiger partial charge in [0.1, 0.15) is 17.6 Å². The summed E-state index contributed by atoms with van der Waals surface area (Å²) in [5.74, 6) is 0.584. The molecule has 1 saturated heterocycles. The van der Waals surface area contributed by atoms with E-state index >= 15 is 0 Å². The zero-order chi connectivity index (χ0) is 14.2. The van der Waals surface area contributed by atoms with Crippen molar-refractivity contribution in [3.05, 3.63) is 29.8 Å². The topological polar surface area (TPSA) is 76.6 Å². The van der Waals surface area contributed by atoms with Gasteiger partial charge in [0.2, 0.25) is 0 Å². The van der Waals surface area contributed by atoms with E-state index in [0.717, 1.165) is 36.4 Å². The zero-order valence-corrected chi connectivity index (χ0v) is 12.1. The summed E-state index contributed by atoms with van der Waals surface area (Å²) in [6.07, 6.45) is 3.09. The van der Waals surface area contributed by atoms with Gasteiger partial charge in [-0.1, -0.05) is 12.1 Å². The number of nitrogens with one attached hydrogen (secondary N) is 2. The fraction of sp³-hybridized carbons (Fsp3) is 0.429. The van der Waals surface area contributed by atoms with E-state index in [0.29, 0.717) is 5.84 Å². The van der Waals surface area contributed by atoms with Gasteiger partial charge >= 0.3 is 0 Å². The van der Waals surface area contributed by atoms with E-state index < -0.39 is 16.7 Å². The molecule has 1 atom stereocenters. The van der Waals surface area contributed by atoms with Crippen LogP contribution in [0.15, 0.2) is 34.2 Å². The highest BCUT2D eigenvalue weighted by atomic mass is 32.2. The standard InChI is InChI=1S/C14H17N3O2S/c1-20(19)11-4-2-3-10(9-11)12-16-13(18)14(17-12)5-7-15-8-6-14/h2-4,9,15H,5-8H2,1H3,(H,16,17,18). The lowest BCUT2D eigenvalue weighted by Crippen LogP contribution is -2.47. The quantitative estimate of drug-likeness (QED) is 0.776. The molecule has 1 aromatic carbocycles. The lowest BCUT2D eigenvalue weighted by atomic mass is 9.89. The SMILES string of the molecule is C[S+]([O-])c1cccc(C2=NC3(CCNCC3)C(=O)N2)c1. The summed E-state index contributed by atoms with van der Waals surface area (Å²) < 4.78 is 11.5. The van der Waals surface area contributed by atoms with Crippen molar-refractivity contribution in [3.8, 4) is 0 Å². The summed E-state index contributed by atoms with van der Waals surface area (Å²) >= 11 is -1.04. The molecule has 0 radical (unpaired) electrons. The Bertz CT molecular complexity index is 565. The smallest absolute Gasteiger partial charge is 0.253 e. The van der Waals surface area contributed by atoms with Crippen molar-refractivity contribution in [2.75, 3.05) is 19.3 Å². The van der Waals surface area contributed by atoms with Crippen LogP contribution >= 0.6 is 0 Å². The van der Waals surface area contributed by atoms with E-state index in [-0.39, 0.29) is 5.91 Å². The molecule has 2 heterocycles. The van der Waals surface area contributed by atoms with Crippen LogP contribution in [0.3, 0.4) is 0 Å². The summed E-state index contributed by atoms with van der Waals surface area (Å²) in [6.45, 7) is 1.62. The van der Waals surface area contributed by atoms with Gasteiger partial charge in [-0.15, -0.1) is 0 Å². The van der Waals surface area contributed by atoms with Crippen molar-refractivity contribution in [3.63, 3.8) is 0 Å². The predicted molar refractivity (Wildman–Crippen MR) is 78.3 cm³/mol. The molecule has 3 rings (SSSR count). The van der Waals surface area contributed by atoms with E-state index in [1.165, 1.54) is 0 Å². The van der Waals surface area contributed by atoms with Crippen LogP contribution in [0.25, 0.3) is 0 Å². The fourth-order valence-corrected chi connectivity index (χ4v) is 3.22. The molecule has 0 saturated carbocycles. The average Bonchev–Trinajstić information content (AvgIpc) is 2.77. The Morgan fingerprint density at radius 3 is 2.80 bits per heavy atom. The minimum atomic E-state index is -1.04. The third kappa shape index (κ3) is 2.34. The number of carbonyl (C=O) groups is 1. The number of rotatable bonds is 2. The average molecular weight is 291 g/mol. The second-order valence-electron chi connectivity index (χ2n) is 5.18. The monoisotopic (exact) mass is 291 g/mol. The molecule has 5 nitrogen and oxygen atoms in total. The second-order valence-corrected chi connectivity index (χ2v) is 6.56. The third-order valence-electron chi connectivity index (χ3n) is 3.85. The van der Waals surface area contributed by atoms with Crippen molar-refractivity contribution >= 4 is 22.9 Å². The number of aliphatic imine (C=N–C) groups is 1. The number of nitrogens with zero attached hydrogens (tertiary/aromatic N) is 1. The molecule has 2 aliphatic rings. The van der Waals surface area contributed by atoms with Crippen molar-refractivity contribution < 1.29 is 9.35 Å². The fourth-order valence-electron chi connectivity index (χ4n) is 2.65. The number of amidine groups is 1. The molecular formula is C14H17N3O2S. The highest BCUT2D eigenvalue weighted by molar-refractivity contribution is 7.90. The van der Waals surface area contributed by atoms with E-state index in [2.05, 4.69) is 15.6 Å². The number of hydrogen-bond donors (Lipinski definition) is 2. The Hall–Kier alpha value is -1.37. The lowest BCUT2D eigenvalue weighted by molar-refractivity contribution is -0.124. The molecule has 0 aliphatic carbocycles. The summed E-state index contributed by atoms with van der Waals surface area (Å²) in [5, 5.41) is 6.13. The molecule has 1 unspecified atom stereocenters. The van der Waals surface area contributed by atoms with Gasteiger partial charge < -0.3 is 15.2 Å². The number of piperidine rings is 1. The molecule has 2 aliphatic heterocycles. The van der Waals surface area contributed by atoms with Crippen molar-refractivity contribution in [1.82, 2.24) is 10.6 Å². The maximum absolute atomic E-state index is 12.2. The van der Waals surface area contributed by atoms with E-state index in [9.17, 15) is 9.35 Å². The Labute approximate surface area is 121 Å². The third-order valence-corrected chi connectivity index (χ3v) is 4.77. The van der Waals surface area contributed by atoms with E-state index in [1.807, 2.05) is 24.3 Å². The maximum Gasteiger partial charge on any atom is 0.253 e. The summed E-state index contributed by atoms with van der Waals surface area (Å²) in [4.78, 5) is 17.6. The Kier molecular flexibility index (Phi) is 3.54. The number of carbonyl (C=O) groups excluding carboxylic acids is 1. The highest BCUT2D eigenvalue weighted by Gasteiger charge is 2.44. The van der Waals surface area contributed by atoms with Crippen LogP contribution in [0.5, 0.6) is 0 Å². The first kappa shape index (κ1) is 13.6. The summed E-state index contributed by atoms with van der Waals surface area (Å²) in [6, 6.07) is 7.37. The normalized spacial score (nSPS) is 22.5. The van der Waals surface area contributed by atoms with Gasteiger partial charge in [0, 0.05) is 11.6 Å². The lowest BCUT2D eigenvalue weighted by Gasteiger charge is -2.28. The van der Waals surface area contributed by atoms with Crippen LogP contribution < -0.4 is 10.6 Å². The second kappa shape index (κ2) is 5.20. The van der Waals surface area contributed by atoms with Crippen LogP contribution in [0, 0.1) is 0 Å². The Morgan fingerprint density at radius 1 is 1.35 bits per heavy atom. The molecule has 106 valence electrons. The van der Waals surface area contributed by atoms with Crippen molar-refractivity contribution in [2.45, 2.75) is 23.3 Å². The predicted octanol–water partition coefficient (Wildman–Crippen LogP) is 0.423. The summed E-state index contributed by atoms with van der Waals surface area (Å²) in [7, 11) is 0. The van der Waals surface area contributed by atoms with Gasteiger partial charge in [0.05, 0.1) is 0 Å². The summed E-state index contributed by atoms with van der Waals surface area (Å²) in [5.41, 5.74) is 0.212. The molecule has 0 aromatic heterocycles. The van der Waals surface area contributed by atoms with Crippen LogP contribution in [0.4, 0.5) is 0 Å². The Morgan fingerprint density at radius 2 is 2.10 bits per heavy atom. The van der Waals surface area contributed by atoms with Gasteiger partial charge in [0.15, 0.2) is 4.90 Å². The molecule has 2 N–H and O–H groups in total. The maximum atomic E-state index is 12.2. The number of benzene rings is 1. The first-order chi connectivity index (χ1) is 9.61. The van der Waals surface area contributed by atoms with Crippen LogP contribution in [-0.2, 0) is 16.0 Å². The zero-order valence-electron chi connectivity index (χ0n) is 11.3. The molecular weight excluding hydrogens is 274 g/mol. The highest BCUT2D eigenvalue weighted by Crippen LogP contribution is 2.28. The van der Waals surface area contributed by atoms with Crippen LogP contribution in [0.1, 0.15) is 18.4 Å². The van der Waals surface area contributed by atoms with Crippen LogP contribution in [-0.4, -0.2) is 41.2 Å². The van der Waals surface area contributed by atoms with Crippen molar-refractivity contribution in [2.24, 2.45) is 4.99 Å². The first-order valence-corrected chi connectivity index (χ1v) is 8.22. The van der Waals surface area contributed by atoms with E-state index in [1.54, 1.807) is 6.26 Å². The molecule has 20 heavy (non-hydrogen) atoms. The molecule has 0 bridgehead atoms. The molecule has 1 fully saturated rings. The number of hydrogen-bond acceptors (Lipinski definition) is 4. The van der Waals surface area contributed by atoms with Gasteiger partial charge in [-0.3, -0.25) is 9.79 Å². The molecule has 6 heteroatoms. The van der Waals surface area contributed by atoms with Gasteiger partial charge in [-0.25, -0.2) is 0 Å². The molecule has 1 spiro atoms. The van der Waals surface area contributed by atoms with Crippen LogP contribution in [0.2, 0.25) is 0 Å². The van der Waals surface area contributed by atoms with Gasteiger partial charge in [-0.05, 0) is 43.2 Å². The minimum Gasteiger partial charge on any atom is -0.612 e. The van der Waals surface area contributed by atoms with Crippen molar-refractivity contribution in [1.29, 1.82) is 0 Å². The largest absolute Gasteiger partial charge is 0.612 e. The number of amides is 1.